The van der Waals surface area contributed by atoms with Gasteiger partial charge < -0.3 is 39.3 Å². The van der Waals surface area contributed by atoms with E-state index in [0.29, 0.717) is 13.2 Å². The number of ether oxygens (including phenoxy) is 2. The van der Waals surface area contributed by atoms with Crippen LogP contribution in [0.1, 0.15) is 50.7 Å². The van der Waals surface area contributed by atoms with Gasteiger partial charge in [-0.1, -0.05) is 13.8 Å². The van der Waals surface area contributed by atoms with Gasteiger partial charge in [0, 0.05) is 23.0 Å². The zero-order valence-corrected chi connectivity index (χ0v) is 16.3. The topological polar surface area (TPSA) is 52.6 Å². The molecule has 0 spiro atoms. The second-order valence-electron chi connectivity index (χ2n) is 5.38. The van der Waals surface area contributed by atoms with Gasteiger partial charge >= 0.3 is 5.97 Å². The first-order chi connectivity index (χ1) is 11.5. The third-order valence-corrected chi connectivity index (χ3v) is 3.66. The SMILES string of the molecule is CCOC(=O)C(C)[c-]1[cH-][cH-][cH-][cH-]1.CCOC(=O)C(C)[c-]1cccc1.[Fe]. The minimum atomic E-state index is -0.149. The molecule has 25 heavy (non-hydrogen) atoms. The van der Waals surface area contributed by atoms with Crippen LogP contribution in [-0.4, -0.2) is 25.2 Å². The molecule has 2 aromatic rings. The second kappa shape index (κ2) is 12.5. The van der Waals surface area contributed by atoms with Crippen LogP contribution in [0, 0.1) is 0 Å². The first kappa shape index (κ1) is 23.2. The van der Waals surface area contributed by atoms with Crippen LogP contribution in [0.5, 0.6) is 0 Å². The molecule has 144 valence electrons. The Labute approximate surface area is 160 Å². The smallest absolute Gasteiger partial charge is 0.301 e. The van der Waals surface area contributed by atoms with Crippen LogP contribution in [0.25, 0.3) is 0 Å². The van der Waals surface area contributed by atoms with Crippen LogP contribution < -0.4 is 0 Å². The van der Waals surface area contributed by atoms with Crippen LogP contribution in [0.15, 0.2) is 48.5 Å². The van der Waals surface area contributed by atoms with Crippen molar-refractivity contribution in [1.82, 2.24) is 0 Å². The molecule has 2 rings (SSSR count). The predicted molar refractivity (Wildman–Crippen MR) is 94.2 cm³/mol. The fraction of sp³-hybridized carbons (Fsp3) is 0.400. The Morgan fingerprint density at radius 3 is 1.80 bits per heavy atom. The minimum absolute atomic E-state index is 0. The molecular weight excluding hydrogens is 360 g/mol. The molecule has 0 fully saturated rings. The number of rotatable bonds is 6. The number of carbonyl (C=O) groups excluding carboxylic acids is 2. The van der Waals surface area contributed by atoms with Crippen molar-refractivity contribution in [2.45, 2.75) is 39.5 Å². The summed E-state index contributed by atoms with van der Waals surface area (Å²) in [4.78, 5) is 22.4. The quantitative estimate of drug-likeness (QED) is 0.425. The fourth-order valence-corrected chi connectivity index (χ4v) is 2.16. The monoisotopic (exact) mass is 386 g/mol. The predicted octanol–water partition coefficient (Wildman–Crippen LogP) is 4.14. The summed E-state index contributed by atoms with van der Waals surface area (Å²) in [6.45, 7) is 8.24. The van der Waals surface area contributed by atoms with Crippen LogP contribution in [0.3, 0.4) is 0 Å². The van der Waals surface area contributed by atoms with Crippen molar-refractivity contribution in [3.05, 3.63) is 59.7 Å². The summed E-state index contributed by atoms with van der Waals surface area (Å²) in [7, 11) is 0. The summed E-state index contributed by atoms with van der Waals surface area (Å²) in [5.74, 6) is -0.577. The molecule has 0 saturated carbocycles. The van der Waals surface area contributed by atoms with Gasteiger partial charge in [0.05, 0.1) is 13.2 Å². The first-order valence-electron chi connectivity index (χ1n) is 8.27. The van der Waals surface area contributed by atoms with Gasteiger partial charge in [-0.2, -0.15) is 12.1 Å². The molecule has 0 bridgehead atoms. The Kier molecular flexibility index (Phi) is 11.6. The zero-order valence-electron chi connectivity index (χ0n) is 15.2. The van der Waals surface area contributed by atoms with Gasteiger partial charge in [0.1, 0.15) is 0 Å². The van der Waals surface area contributed by atoms with Crippen molar-refractivity contribution in [1.29, 1.82) is 0 Å². The molecular formula is C20H26FeO4-6. The standard InChI is InChI=1S/2C10H13O2.Fe/c2*1-3-12-10(11)8(2)9-6-4-5-7-9;/h2*4-8H,3H2,1-2H3;/q-5;-1;. The van der Waals surface area contributed by atoms with E-state index in [9.17, 15) is 9.59 Å². The maximum absolute atomic E-state index is 11.2. The molecule has 0 saturated heterocycles. The Balaban J connectivity index is 0.000000443. The molecule has 2 unspecified atom stereocenters. The van der Waals surface area contributed by atoms with Crippen molar-refractivity contribution in [2.24, 2.45) is 0 Å². The van der Waals surface area contributed by atoms with E-state index in [1.165, 1.54) is 0 Å². The van der Waals surface area contributed by atoms with Gasteiger partial charge in [0.2, 0.25) is 0 Å². The number of esters is 2. The molecule has 0 heterocycles. The summed E-state index contributed by atoms with van der Waals surface area (Å²) >= 11 is 0. The minimum Gasteiger partial charge on any atom is -0.748 e. The van der Waals surface area contributed by atoms with Gasteiger partial charge in [-0.05, 0) is 13.8 Å². The summed E-state index contributed by atoms with van der Waals surface area (Å²) < 4.78 is 9.78. The molecule has 0 aliphatic heterocycles. The largest absolute Gasteiger partial charge is 0.748 e. The van der Waals surface area contributed by atoms with Crippen LogP contribution in [0.2, 0.25) is 0 Å². The molecule has 2 aromatic carbocycles. The van der Waals surface area contributed by atoms with E-state index in [1.807, 2.05) is 76.2 Å². The number of hydrogen-bond donors (Lipinski definition) is 0. The molecule has 5 heteroatoms. The Hall–Kier alpha value is -1.84. The molecule has 0 radical (unpaired) electrons. The third kappa shape index (κ3) is 7.72. The normalized spacial score (nSPS) is 12.0. The van der Waals surface area contributed by atoms with Crippen LogP contribution in [0.4, 0.5) is 0 Å². The van der Waals surface area contributed by atoms with Crippen LogP contribution in [-0.2, 0) is 36.1 Å². The fourth-order valence-electron chi connectivity index (χ4n) is 2.16. The average molecular weight is 386 g/mol. The molecule has 2 atom stereocenters. The van der Waals surface area contributed by atoms with Gasteiger partial charge in [-0.3, -0.25) is 9.59 Å². The summed E-state index contributed by atoms with van der Waals surface area (Å²) in [5.41, 5.74) is 2.04. The molecule has 0 aromatic heterocycles. The number of hydrogen-bond acceptors (Lipinski definition) is 4. The summed E-state index contributed by atoms with van der Waals surface area (Å²) in [5, 5.41) is 0. The maximum atomic E-state index is 11.2. The van der Waals surface area contributed by atoms with Crippen molar-refractivity contribution in [3.63, 3.8) is 0 Å². The van der Waals surface area contributed by atoms with Crippen LogP contribution >= 0.6 is 0 Å². The van der Waals surface area contributed by atoms with E-state index in [1.54, 1.807) is 0 Å². The second-order valence-corrected chi connectivity index (χ2v) is 5.38. The molecule has 0 aliphatic carbocycles. The van der Waals surface area contributed by atoms with Crippen molar-refractivity contribution in [3.8, 4) is 0 Å². The van der Waals surface area contributed by atoms with Gasteiger partial charge in [0.15, 0.2) is 0 Å². The Morgan fingerprint density at radius 2 is 1.36 bits per heavy atom. The van der Waals surface area contributed by atoms with E-state index in [4.69, 9.17) is 9.47 Å². The Morgan fingerprint density at radius 1 is 0.920 bits per heavy atom. The Bertz CT molecular complexity index is 533. The maximum Gasteiger partial charge on any atom is 0.301 e. The first-order valence-corrected chi connectivity index (χ1v) is 8.27. The van der Waals surface area contributed by atoms with Gasteiger partial charge in [-0.25, -0.2) is 12.1 Å². The van der Waals surface area contributed by atoms with E-state index >= 15 is 0 Å². The summed E-state index contributed by atoms with van der Waals surface area (Å²) in [6.07, 6.45) is 0. The van der Waals surface area contributed by atoms with E-state index in [2.05, 4.69) is 0 Å². The van der Waals surface area contributed by atoms with Crippen molar-refractivity contribution >= 4 is 11.9 Å². The van der Waals surface area contributed by atoms with E-state index in [0.717, 1.165) is 11.1 Å². The van der Waals surface area contributed by atoms with E-state index in [-0.39, 0.29) is 40.8 Å². The summed E-state index contributed by atoms with van der Waals surface area (Å²) in [6, 6.07) is 15.4. The molecule has 4 nitrogen and oxygen atoms in total. The molecule has 0 amide bonds. The van der Waals surface area contributed by atoms with Gasteiger partial charge in [-0.15, -0.1) is 11.5 Å². The number of carbonyl (C=O) groups is 2. The zero-order chi connectivity index (χ0) is 17.9. The molecule has 0 N–H and O–H groups in total. The van der Waals surface area contributed by atoms with Gasteiger partial charge in [0.25, 0.3) is 5.97 Å². The average Bonchev–Trinajstić information content (AvgIpc) is 3.27. The molecule has 0 aliphatic rings. The van der Waals surface area contributed by atoms with Crippen molar-refractivity contribution in [2.75, 3.05) is 13.2 Å². The third-order valence-electron chi connectivity index (χ3n) is 3.66. The van der Waals surface area contributed by atoms with E-state index < -0.39 is 0 Å². The van der Waals surface area contributed by atoms with Crippen molar-refractivity contribution < 1.29 is 36.1 Å².